The molecule has 0 fully saturated rings. The number of hydrogen-bond donors (Lipinski definition) is 3. The van der Waals surface area contributed by atoms with Crippen LogP contribution in [-0.4, -0.2) is 25.0 Å². The molecule has 0 aliphatic heterocycles. The Morgan fingerprint density at radius 1 is 0.963 bits per heavy atom. The van der Waals surface area contributed by atoms with Gasteiger partial charge in [0.15, 0.2) is 10.6 Å². The summed E-state index contributed by atoms with van der Waals surface area (Å²) in [5.74, 6) is 0.649. The van der Waals surface area contributed by atoms with Crippen LogP contribution in [0.5, 0.6) is 0 Å². The molecule has 0 saturated carbocycles. The van der Waals surface area contributed by atoms with E-state index in [0.29, 0.717) is 10.6 Å². The molecule has 1 aliphatic rings. The second kappa shape index (κ2) is 7.09. The van der Waals surface area contributed by atoms with Gasteiger partial charge in [0.2, 0.25) is 0 Å². The minimum atomic E-state index is -0.00532. The molecule has 0 bridgehead atoms. The number of nitrogens with zero attached hydrogens (tertiary/aromatic N) is 2. The van der Waals surface area contributed by atoms with Crippen LogP contribution in [0.1, 0.15) is 12.2 Å². The Morgan fingerprint density at radius 2 is 1.74 bits per heavy atom. The van der Waals surface area contributed by atoms with E-state index in [0.717, 1.165) is 22.4 Å². The monoisotopic (exact) mass is 375 g/mol. The predicted octanol–water partition coefficient (Wildman–Crippen LogP) is 5.27. The molecule has 0 atom stereocenters. The number of aromatic amines is 1. The number of hydrogen-bond acceptors (Lipinski definition) is 4. The second-order valence-electron chi connectivity index (χ2n) is 6.20. The quantitative estimate of drug-likeness (QED) is 0.545. The third kappa shape index (κ3) is 3.47. The highest BCUT2D eigenvalue weighted by atomic mass is 32.1. The van der Waals surface area contributed by atoms with Gasteiger partial charge in [0, 0.05) is 18.1 Å². The van der Waals surface area contributed by atoms with Crippen LogP contribution in [0, 0.1) is 4.77 Å². The van der Waals surface area contributed by atoms with E-state index in [1.54, 1.807) is 6.08 Å². The Bertz CT molecular complexity index is 1140. The SMILES string of the molecule is OC1=CC=C(c2n[nH]c(=S)n2-c2cccc(-c3ccccc3)c2)CC(O)=C1. The van der Waals surface area contributed by atoms with Crippen molar-refractivity contribution in [1.82, 2.24) is 14.8 Å². The van der Waals surface area contributed by atoms with E-state index < -0.39 is 0 Å². The van der Waals surface area contributed by atoms with Gasteiger partial charge in [-0.15, -0.1) is 0 Å². The summed E-state index contributed by atoms with van der Waals surface area (Å²) in [6, 6.07) is 18.1. The van der Waals surface area contributed by atoms with Gasteiger partial charge in [-0.1, -0.05) is 48.5 Å². The summed E-state index contributed by atoms with van der Waals surface area (Å²) in [6.45, 7) is 0. The predicted molar refractivity (Wildman–Crippen MR) is 108 cm³/mol. The van der Waals surface area contributed by atoms with Gasteiger partial charge < -0.3 is 10.2 Å². The molecule has 0 spiro atoms. The molecule has 2 aromatic carbocycles. The van der Waals surface area contributed by atoms with E-state index in [-0.39, 0.29) is 17.9 Å². The molecule has 3 aromatic rings. The molecular formula is C21H17N3O2S. The van der Waals surface area contributed by atoms with Crippen molar-refractivity contribution < 1.29 is 10.2 Å². The summed E-state index contributed by atoms with van der Waals surface area (Å²) in [7, 11) is 0. The van der Waals surface area contributed by atoms with Gasteiger partial charge >= 0.3 is 0 Å². The average Bonchev–Trinajstić information content (AvgIpc) is 2.98. The Hall–Kier alpha value is -3.38. The van der Waals surface area contributed by atoms with Crippen LogP contribution in [0.15, 0.2) is 84.3 Å². The number of rotatable bonds is 3. The zero-order valence-electron chi connectivity index (χ0n) is 14.3. The van der Waals surface area contributed by atoms with E-state index in [2.05, 4.69) is 22.3 Å². The number of aromatic nitrogens is 3. The van der Waals surface area contributed by atoms with Gasteiger partial charge in [0.1, 0.15) is 11.5 Å². The van der Waals surface area contributed by atoms with Crippen molar-refractivity contribution in [2.24, 2.45) is 0 Å². The molecule has 6 heteroatoms. The van der Waals surface area contributed by atoms with Crippen molar-refractivity contribution in [3.63, 3.8) is 0 Å². The van der Waals surface area contributed by atoms with E-state index >= 15 is 0 Å². The molecule has 3 N–H and O–H groups in total. The first-order valence-corrected chi connectivity index (χ1v) is 8.85. The Kier molecular flexibility index (Phi) is 4.48. The summed E-state index contributed by atoms with van der Waals surface area (Å²) in [5.41, 5.74) is 3.78. The van der Waals surface area contributed by atoms with Crippen molar-refractivity contribution in [2.45, 2.75) is 6.42 Å². The summed E-state index contributed by atoms with van der Waals surface area (Å²) < 4.78 is 2.29. The Morgan fingerprint density at radius 3 is 2.56 bits per heavy atom. The van der Waals surface area contributed by atoms with E-state index in [4.69, 9.17) is 12.2 Å². The minimum Gasteiger partial charge on any atom is -0.512 e. The van der Waals surface area contributed by atoms with Crippen LogP contribution in [0.4, 0.5) is 0 Å². The first-order chi connectivity index (χ1) is 13.1. The summed E-state index contributed by atoms with van der Waals surface area (Å²) in [6.07, 6.45) is 4.84. The van der Waals surface area contributed by atoms with E-state index in [9.17, 15) is 10.2 Å². The number of aliphatic hydroxyl groups excluding tert-OH is 2. The lowest BCUT2D eigenvalue weighted by atomic mass is 10.0. The average molecular weight is 375 g/mol. The maximum atomic E-state index is 10.00. The van der Waals surface area contributed by atoms with Crippen molar-refractivity contribution >= 4 is 17.8 Å². The van der Waals surface area contributed by atoms with Crippen molar-refractivity contribution in [3.05, 3.63) is 94.9 Å². The number of nitrogens with one attached hydrogen (secondary N) is 1. The normalized spacial score (nSPS) is 14.1. The highest BCUT2D eigenvalue weighted by molar-refractivity contribution is 7.71. The lowest BCUT2D eigenvalue weighted by Crippen LogP contribution is -2.02. The van der Waals surface area contributed by atoms with Crippen LogP contribution in [0.3, 0.4) is 0 Å². The number of benzene rings is 2. The maximum absolute atomic E-state index is 10.00. The molecule has 1 aliphatic carbocycles. The zero-order valence-corrected chi connectivity index (χ0v) is 15.1. The molecule has 5 nitrogen and oxygen atoms in total. The van der Waals surface area contributed by atoms with Gasteiger partial charge in [0.25, 0.3) is 0 Å². The molecule has 0 unspecified atom stereocenters. The molecule has 1 aromatic heterocycles. The molecule has 0 radical (unpaired) electrons. The van der Waals surface area contributed by atoms with Gasteiger partial charge in [-0.3, -0.25) is 9.67 Å². The molecule has 0 amide bonds. The Labute approximate surface area is 161 Å². The largest absolute Gasteiger partial charge is 0.512 e. The fourth-order valence-electron chi connectivity index (χ4n) is 3.07. The van der Waals surface area contributed by atoms with Crippen LogP contribution in [0.2, 0.25) is 0 Å². The standard InChI is InChI=1S/C21H17N3O2S/c25-18-10-9-16(12-19(26)13-18)20-22-23-21(27)24(20)17-8-4-7-15(11-17)14-5-2-1-3-6-14/h1-11,13,25-26H,12H2,(H,23,27). The molecular weight excluding hydrogens is 358 g/mol. The summed E-state index contributed by atoms with van der Waals surface area (Å²) in [5, 5.41) is 26.9. The lowest BCUT2D eigenvalue weighted by Gasteiger charge is -2.11. The topological polar surface area (TPSA) is 74.1 Å². The van der Waals surface area contributed by atoms with Crippen LogP contribution in [0.25, 0.3) is 22.4 Å². The van der Waals surface area contributed by atoms with Gasteiger partial charge in [0.05, 0.1) is 5.69 Å². The fraction of sp³-hybridized carbons (Fsp3) is 0.0476. The van der Waals surface area contributed by atoms with Crippen LogP contribution in [-0.2, 0) is 0 Å². The zero-order chi connectivity index (χ0) is 18.8. The molecule has 1 heterocycles. The van der Waals surface area contributed by atoms with E-state index in [1.807, 2.05) is 47.0 Å². The Balaban J connectivity index is 1.82. The summed E-state index contributed by atoms with van der Waals surface area (Å²) >= 11 is 5.45. The molecule has 4 rings (SSSR count). The van der Waals surface area contributed by atoms with Crippen LogP contribution >= 0.6 is 12.2 Å². The number of allylic oxidation sites excluding steroid dienone is 4. The number of H-pyrrole nitrogens is 1. The van der Waals surface area contributed by atoms with Crippen molar-refractivity contribution in [3.8, 4) is 16.8 Å². The highest BCUT2D eigenvalue weighted by Crippen LogP contribution is 2.28. The first kappa shape index (κ1) is 17.1. The molecule has 27 heavy (non-hydrogen) atoms. The third-order valence-corrected chi connectivity index (χ3v) is 4.59. The van der Waals surface area contributed by atoms with Gasteiger partial charge in [-0.05, 0) is 41.6 Å². The fourth-order valence-corrected chi connectivity index (χ4v) is 3.31. The smallest absolute Gasteiger partial charge is 0.200 e. The van der Waals surface area contributed by atoms with E-state index in [1.165, 1.54) is 12.2 Å². The lowest BCUT2D eigenvalue weighted by molar-refractivity contribution is 0.386. The minimum absolute atomic E-state index is 0.00532. The van der Waals surface area contributed by atoms with Crippen molar-refractivity contribution in [2.75, 3.05) is 0 Å². The first-order valence-electron chi connectivity index (χ1n) is 8.45. The maximum Gasteiger partial charge on any atom is 0.200 e. The van der Waals surface area contributed by atoms with Crippen LogP contribution < -0.4 is 0 Å². The highest BCUT2D eigenvalue weighted by Gasteiger charge is 2.16. The molecule has 134 valence electrons. The van der Waals surface area contributed by atoms with Crippen molar-refractivity contribution in [1.29, 1.82) is 0 Å². The molecule has 0 saturated heterocycles. The third-order valence-electron chi connectivity index (χ3n) is 4.31. The van der Waals surface area contributed by atoms with Gasteiger partial charge in [-0.2, -0.15) is 5.10 Å². The number of aliphatic hydroxyl groups is 2. The summed E-state index contributed by atoms with van der Waals surface area (Å²) in [4.78, 5) is 0. The second-order valence-corrected chi connectivity index (χ2v) is 6.59. The van der Waals surface area contributed by atoms with Gasteiger partial charge in [-0.25, -0.2) is 0 Å².